The van der Waals surface area contributed by atoms with Gasteiger partial charge in [-0.2, -0.15) is 0 Å². The number of likely N-dealkylation sites (tertiary alicyclic amines) is 1. The van der Waals surface area contributed by atoms with Crippen molar-refractivity contribution < 1.29 is 4.79 Å². The van der Waals surface area contributed by atoms with E-state index >= 15 is 0 Å². The molecule has 1 saturated heterocycles. The Hall–Kier alpha value is -2.33. The van der Waals surface area contributed by atoms with E-state index in [0.29, 0.717) is 12.0 Å². The van der Waals surface area contributed by atoms with E-state index in [-0.39, 0.29) is 11.8 Å². The molecular weight excluding hydrogens is 322 g/mol. The maximum absolute atomic E-state index is 12.7. The number of hydrogen-bond donors (Lipinski definition) is 2. The van der Waals surface area contributed by atoms with Crippen LogP contribution in [0.25, 0.3) is 0 Å². The largest absolute Gasteiger partial charge is 0.381 e. The molecule has 1 saturated carbocycles. The molecule has 4 nitrogen and oxygen atoms in total. The normalized spacial score (nSPS) is 23.4. The lowest BCUT2D eigenvalue weighted by Gasteiger charge is -2.30. The van der Waals surface area contributed by atoms with Crippen LogP contribution in [0.4, 0.5) is 11.4 Å². The van der Waals surface area contributed by atoms with Gasteiger partial charge < -0.3 is 15.5 Å². The van der Waals surface area contributed by atoms with Gasteiger partial charge in [0.05, 0.1) is 11.4 Å². The molecule has 4 heteroatoms. The van der Waals surface area contributed by atoms with Crippen LogP contribution in [0.5, 0.6) is 0 Å². The molecule has 0 unspecified atom stereocenters. The van der Waals surface area contributed by atoms with Gasteiger partial charge in [-0.05, 0) is 63.0 Å². The molecule has 2 fully saturated rings. The number of nitrogens with one attached hydrogen (secondary N) is 2. The standard InChI is InChI=1S/C22H27N3O/c1-25-13-11-17(12-14-25)23-20-9-5-6-10-21(20)24-22(26)19-15-18(19)16-7-3-2-4-8-16/h2-10,17-19,23H,11-15H2,1H3,(H,24,26)/t18-,19+/m1/s1. The second kappa shape index (κ2) is 7.50. The van der Waals surface area contributed by atoms with Gasteiger partial charge in [0, 0.05) is 12.0 Å². The van der Waals surface area contributed by atoms with Gasteiger partial charge in [0.2, 0.25) is 5.91 Å². The number of nitrogens with zero attached hydrogens (tertiary/aromatic N) is 1. The van der Waals surface area contributed by atoms with Crippen LogP contribution in [-0.4, -0.2) is 37.0 Å². The van der Waals surface area contributed by atoms with Crippen LogP contribution in [0.2, 0.25) is 0 Å². The molecule has 1 aliphatic carbocycles. The Morgan fingerprint density at radius 3 is 2.35 bits per heavy atom. The van der Waals surface area contributed by atoms with E-state index in [2.05, 4.69) is 40.8 Å². The van der Waals surface area contributed by atoms with E-state index < -0.39 is 0 Å². The third-order valence-corrected chi connectivity index (χ3v) is 5.62. The highest BCUT2D eigenvalue weighted by Gasteiger charge is 2.43. The lowest BCUT2D eigenvalue weighted by molar-refractivity contribution is -0.117. The van der Waals surface area contributed by atoms with Crippen LogP contribution in [0.3, 0.4) is 0 Å². The Labute approximate surface area is 155 Å². The predicted octanol–water partition coefficient (Wildman–Crippen LogP) is 3.93. The van der Waals surface area contributed by atoms with Crippen molar-refractivity contribution >= 4 is 17.3 Å². The molecule has 26 heavy (non-hydrogen) atoms. The Morgan fingerprint density at radius 1 is 0.962 bits per heavy atom. The molecule has 1 heterocycles. The van der Waals surface area contributed by atoms with Crippen molar-refractivity contribution in [2.75, 3.05) is 30.8 Å². The van der Waals surface area contributed by atoms with Crippen LogP contribution >= 0.6 is 0 Å². The lowest BCUT2D eigenvalue weighted by atomic mass is 10.0. The second-order valence-electron chi connectivity index (χ2n) is 7.62. The molecule has 0 aromatic heterocycles. The Bertz CT molecular complexity index is 753. The first-order valence-electron chi connectivity index (χ1n) is 9.60. The highest BCUT2D eigenvalue weighted by atomic mass is 16.2. The number of para-hydroxylation sites is 2. The fourth-order valence-electron chi connectivity index (χ4n) is 3.87. The van der Waals surface area contributed by atoms with Gasteiger partial charge in [0.1, 0.15) is 0 Å². The first kappa shape index (κ1) is 17.1. The van der Waals surface area contributed by atoms with Gasteiger partial charge in [-0.15, -0.1) is 0 Å². The number of amides is 1. The highest BCUT2D eigenvalue weighted by Crippen LogP contribution is 2.48. The zero-order valence-corrected chi connectivity index (χ0v) is 15.3. The molecule has 1 amide bonds. The third kappa shape index (κ3) is 3.91. The molecule has 136 valence electrons. The third-order valence-electron chi connectivity index (χ3n) is 5.62. The van der Waals surface area contributed by atoms with Gasteiger partial charge in [0.25, 0.3) is 0 Å². The number of anilines is 2. The quantitative estimate of drug-likeness (QED) is 0.859. The number of rotatable bonds is 5. The van der Waals surface area contributed by atoms with Crippen molar-refractivity contribution in [2.45, 2.75) is 31.2 Å². The van der Waals surface area contributed by atoms with Crippen molar-refractivity contribution in [1.29, 1.82) is 0 Å². The summed E-state index contributed by atoms with van der Waals surface area (Å²) in [5.74, 6) is 0.593. The van der Waals surface area contributed by atoms with Crippen LogP contribution < -0.4 is 10.6 Å². The minimum Gasteiger partial charge on any atom is -0.381 e. The second-order valence-corrected chi connectivity index (χ2v) is 7.62. The zero-order valence-electron chi connectivity index (χ0n) is 15.3. The van der Waals surface area contributed by atoms with Gasteiger partial charge in [-0.25, -0.2) is 0 Å². The number of hydrogen-bond acceptors (Lipinski definition) is 3. The predicted molar refractivity (Wildman–Crippen MR) is 107 cm³/mol. The van der Waals surface area contributed by atoms with E-state index in [0.717, 1.165) is 43.7 Å². The molecule has 4 rings (SSSR count). The van der Waals surface area contributed by atoms with Crippen molar-refractivity contribution in [3.8, 4) is 0 Å². The van der Waals surface area contributed by atoms with Gasteiger partial charge >= 0.3 is 0 Å². The summed E-state index contributed by atoms with van der Waals surface area (Å²) in [7, 11) is 2.17. The number of benzene rings is 2. The average molecular weight is 349 g/mol. The summed E-state index contributed by atoms with van der Waals surface area (Å²) in [6.07, 6.45) is 3.22. The van der Waals surface area contributed by atoms with E-state index in [9.17, 15) is 4.79 Å². The van der Waals surface area contributed by atoms with Crippen molar-refractivity contribution in [3.05, 3.63) is 60.2 Å². The summed E-state index contributed by atoms with van der Waals surface area (Å²) < 4.78 is 0. The van der Waals surface area contributed by atoms with Crippen LogP contribution in [-0.2, 0) is 4.79 Å². The highest BCUT2D eigenvalue weighted by molar-refractivity contribution is 5.97. The van der Waals surface area contributed by atoms with Gasteiger partial charge in [0.15, 0.2) is 0 Å². The minimum absolute atomic E-state index is 0.0915. The molecular formula is C22H27N3O. The van der Waals surface area contributed by atoms with Crippen molar-refractivity contribution in [2.24, 2.45) is 5.92 Å². The molecule has 0 bridgehead atoms. The number of carbonyl (C=O) groups excluding carboxylic acids is 1. The maximum Gasteiger partial charge on any atom is 0.228 e. The lowest BCUT2D eigenvalue weighted by Crippen LogP contribution is -2.36. The van der Waals surface area contributed by atoms with Crippen LogP contribution in [0, 0.1) is 5.92 Å². The van der Waals surface area contributed by atoms with Crippen molar-refractivity contribution in [3.63, 3.8) is 0 Å². The summed E-state index contributed by atoms with van der Waals surface area (Å²) in [4.78, 5) is 15.1. The molecule has 2 aromatic carbocycles. The van der Waals surface area contributed by atoms with E-state index in [1.165, 1.54) is 5.56 Å². The zero-order chi connectivity index (χ0) is 17.9. The minimum atomic E-state index is 0.0915. The number of piperidine rings is 1. The van der Waals surface area contributed by atoms with Crippen LogP contribution in [0.1, 0.15) is 30.7 Å². The maximum atomic E-state index is 12.7. The SMILES string of the molecule is CN1CCC(Nc2ccccc2NC(=O)[C@H]2C[C@@H]2c2ccccc2)CC1. The summed E-state index contributed by atoms with van der Waals surface area (Å²) >= 11 is 0. The fourth-order valence-corrected chi connectivity index (χ4v) is 3.87. The van der Waals surface area contributed by atoms with Crippen molar-refractivity contribution in [1.82, 2.24) is 4.90 Å². The Kier molecular flexibility index (Phi) is 4.93. The van der Waals surface area contributed by atoms with Gasteiger partial charge in [-0.1, -0.05) is 42.5 Å². The van der Waals surface area contributed by atoms with E-state index in [4.69, 9.17) is 0 Å². The fraction of sp³-hybridized carbons (Fsp3) is 0.409. The molecule has 1 aliphatic heterocycles. The topological polar surface area (TPSA) is 44.4 Å². The van der Waals surface area contributed by atoms with E-state index in [1.807, 2.05) is 36.4 Å². The number of carbonyl (C=O) groups is 1. The molecule has 0 spiro atoms. The molecule has 0 radical (unpaired) electrons. The monoisotopic (exact) mass is 349 g/mol. The summed E-state index contributed by atoms with van der Waals surface area (Å²) in [5, 5.41) is 6.79. The summed E-state index contributed by atoms with van der Waals surface area (Å²) in [5.41, 5.74) is 3.20. The Balaban J connectivity index is 1.38. The molecule has 2 N–H and O–H groups in total. The first-order valence-corrected chi connectivity index (χ1v) is 9.60. The Morgan fingerprint density at radius 2 is 1.62 bits per heavy atom. The summed E-state index contributed by atoms with van der Waals surface area (Å²) in [6, 6.07) is 18.9. The van der Waals surface area contributed by atoms with Gasteiger partial charge in [-0.3, -0.25) is 4.79 Å². The van der Waals surface area contributed by atoms with Crippen LogP contribution in [0.15, 0.2) is 54.6 Å². The average Bonchev–Trinajstić information content (AvgIpc) is 3.47. The smallest absolute Gasteiger partial charge is 0.228 e. The molecule has 2 aromatic rings. The molecule has 2 atom stereocenters. The molecule has 2 aliphatic rings. The summed E-state index contributed by atoms with van der Waals surface area (Å²) in [6.45, 7) is 2.24. The first-order chi connectivity index (χ1) is 12.7. The van der Waals surface area contributed by atoms with E-state index in [1.54, 1.807) is 0 Å².